The summed E-state index contributed by atoms with van der Waals surface area (Å²) in [6, 6.07) is 0.647. The van der Waals surface area contributed by atoms with Gasteiger partial charge in [0, 0.05) is 16.3 Å². The number of carbonyl (C=O) groups excluding carboxylic acids is 1. The number of alkyl halides is 1. The normalized spacial score (nSPS) is 45.1. The highest BCUT2D eigenvalue weighted by Gasteiger charge is 2.46. The summed E-state index contributed by atoms with van der Waals surface area (Å²) >= 11 is 4.46. The second-order valence-corrected chi connectivity index (χ2v) is 9.80. The van der Waals surface area contributed by atoms with Gasteiger partial charge >= 0.3 is 0 Å². The van der Waals surface area contributed by atoms with Gasteiger partial charge in [-0.3, -0.25) is 10.5 Å². The molecule has 2 aliphatic carbocycles. The van der Waals surface area contributed by atoms with Gasteiger partial charge in [-0.05, 0) is 38.5 Å². The van der Waals surface area contributed by atoms with Gasteiger partial charge in [0.2, 0.25) is 0 Å². The zero-order valence-electron chi connectivity index (χ0n) is 12.0. The van der Waals surface area contributed by atoms with Crippen molar-refractivity contribution in [2.24, 2.45) is 11.7 Å². The summed E-state index contributed by atoms with van der Waals surface area (Å²) < 4.78 is 0.788. The van der Waals surface area contributed by atoms with E-state index in [-0.39, 0.29) is 5.50 Å². The van der Waals surface area contributed by atoms with Crippen molar-refractivity contribution in [2.45, 2.75) is 72.1 Å². The van der Waals surface area contributed by atoms with E-state index in [1.54, 1.807) is 0 Å². The molecule has 0 aromatic heterocycles. The Balaban J connectivity index is 1.57. The van der Waals surface area contributed by atoms with E-state index < -0.39 is 0 Å². The molecule has 0 aromatic carbocycles. The first kappa shape index (κ1) is 15.6. The Morgan fingerprint density at radius 3 is 2.60 bits per heavy atom. The van der Waals surface area contributed by atoms with E-state index in [0.29, 0.717) is 29.5 Å². The van der Waals surface area contributed by atoms with Crippen LogP contribution >= 0.6 is 34.4 Å². The first-order valence-corrected chi connectivity index (χ1v) is 10.3. The third-order valence-corrected chi connectivity index (χ3v) is 8.11. The molecule has 4 atom stereocenters. The number of carbonyl (C=O) groups is 1. The Morgan fingerprint density at radius 2 is 1.85 bits per heavy atom. The van der Waals surface area contributed by atoms with E-state index in [1.165, 1.54) is 43.4 Å². The quantitative estimate of drug-likeness (QED) is 0.552. The molecule has 1 saturated heterocycles. The fraction of sp³-hybridized carbons (Fsp3) is 0.933. The molecule has 0 radical (unpaired) electrons. The molecule has 3 rings (SSSR count). The maximum absolute atomic E-state index is 12.6. The summed E-state index contributed by atoms with van der Waals surface area (Å²) in [5.74, 6) is 0.818. The Bertz CT molecular complexity index is 360. The van der Waals surface area contributed by atoms with E-state index >= 15 is 0 Å². The summed E-state index contributed by atoms with van der Waals surface area (Å²) in [4.78, 5) is 14.0. The van der Waals surface area contributed by atoms with Gasteiger partial charge in [0.25, 0.3) is 0 Å². The van der Waals surface area contributed by atoms with Gasteiger partial charge in [0.1, 0.15) is 12.6 Å². The van der Waals surface area contributed by atoms with Gasteiger partial charge < -0.3 is 4.90 Å². The number of fused-ring (bicyclic) bond motifs is 1. The minimum atomic E-state index is 0.132. The number of hydrogen-bond acceptors (Lipinski definition) is 3. The number of nitrogens with two attached hydrogens (primary N) is 1. The van der Waals surface area contributed by atoms with Gasteiger partial charge in [0.05, 0.1) is 5.25 Å². The van der Waals surface area contributed by atoms with Crippen LogP contribution in [-0.4, -0.2) is 33.0 Å². The van der Waals surface area contributed by atoms with Crippen molar-refractivity contribution in [3.05, 3.63) is 0 Å². The molecular weight excluding hydrogens is 383 g/mol. The van der Waals surface area contributed by atoms with E-state index in [9.17, 15) is 4.79 Å². The zero-order chi connectivity index (χ0) is 14.1. The fourth-order valence-electron chi connectivity index (χ4n) is 4.12. The van der Waals surface area contributed by atoms with Crippen molar-refractivity contribution in [2.75, 3.05) is 6.54 Å². The minimum Gasteiger partial charge on any atom is -0.302 e. The van der Waals surface area contributed by atoms with Gasteiger partial charge in [-0.1, -0.05) is 40.8 Å². The van der Waals surface area contributed by atoms with Crippen molar-refractivity contribution in [1.29, 1.82) is 0 Å². The average molecular weight is 409 g/mol. The van der Waals surface area contributed by atoms with Gasteiger partial charge in [0.15, 0.2) is 11.3 Å². The molecule has 0 bridgehead atoms. The molecule has 3 N–H and O–H groups in total. The molecule has 2 saturated carbocycles. The van der Waals surface area contributed by atoms with Crippen molar-refractivity contribution >= 4 is 40.1 Å². The number of halogens is 1. The van der Waals surface area contributed by atoms with Crippen LogP contribution in [0.15, 0.2) is 0 Å². The third kappa shape index (κ3) is 3.36. The smallest absolute Gasteiger partial charge is 0.189 e. The standard InChI is InChI=1S/C15H25IN2OS/c16-11-7-5-10(6-8-11)13(19)9-18-12-3-1-2-4-14(12)20-15(18)17/h10-12,14-15H,1-9,17H2/p+1. The topological polar surface area (TPSA) is 47.5 Å². The number of hydrogen-bond donors (Lipinski definition) is 2. The molecule has 3 fully saturated rings. The summed E-state index contributed by atoms with van der Waals surface area (Å²) in [6.07, 6.45) is 9.91. The molecular formula is C15H26IN2OS+. The van der Waals surface area contributed by atoms with Crippen LogP contribution in [-0.2, 0) is 4.79 Å². The third-order valence-electron chi connectivity index (χ3n) is 5.36. The largest absolute Gasteiger partial charge is 0.302 e. The number of Topliss-reactive ketones (excluding diaryl/α,β-unsaturated/α-hetero) is 1. The average Bonchev–Trinajstić information content (AvgIpc) is 2.76. The van der Waals surface area contributed by atoms with Crippen LogP contribution in [0.1, 0.15) is 51.4 Å². The Labute approximate surface area is 139 Å². The van der Waals surface area contributed by atoms with Crippen LogP contribution in [0.4, 0.5) is 0 Å². The highest BCUT2D eigenvalue weighted by atomic mass is 127. The van der Waals surface area contributed by atoms with Crippen molar-refractivity contribution in [1.82, 2.24) is 0 Å². The minimum absolute atomic E-state index is 0.132. The Kier molecular flexibility index (Phi) is 5.32. The fourth-order valence-corrected chi connectivity index (χ4v) is 6.45. The lowest BCUT2D eigenvalue weighted by atomic mass is 9.85. The van der Waals surface area contributed by atoms with Gasteiger partial charge in [-0.15, -0.1) is 0 Å². The predicted octanol–water partition coefficient (Wildman–Crippen LogP) is 1.73. The summed E-state index contributed by atoms with van der Waals surface area (Å²) in [5.41, 5.74) is 6.44. The number of quaternary nitrogens is 1. The Hall–Kier alpha value is 0.670. The molecule has 3 aliphatic rings. The monoisotopic (exact) mass is 409 g/mol. The lowest BCUT2D eigenvalue weighted by Crippen LogP contribution is -3.19. The van der Waals surface area contributed by atoms with Crippen LogP contribution in [0.2, 0.25) is 0 Å². The molecule has 5 heteroatoms. The zero-order valence-corrected chi connectivity index (χ0v) is 15.0. The second-order valence-electron chi connectivity index (χ2n) is 6.65. The SMILES string of the molecule is NC1SC2CCCCC2[NH+]1CC(=O)C1CCC(I)CC1. The van der Waals surface area contributed by atoms with Crippen molar-refractivity contribution in [3.8, 4) is 0 Å². The maximum atomic E-state index is 12.6. The lowest BCUT2D eigenvalue weighted by Gasteiger charge is -2.30. The molecule has 3 nitrogen and oxygen atoms in total. The molecule has 0 amide bonds. The molecule has 1 aliphatic heterocycles. The van der Waals surface area contributed by atoms with E-state index in [1.807, 2.05) is 11.8 Å². The molecule has 114 valence electrons. The summed E-state index contributed by atoms with van der Waals surface area (Å²) in [5, 5.41) is 0.714. The van der Waals surface area contributed by atoms with E-state index in [4.69, 9.17) is 5.73 Å². The lowest BCUT2D eigenvalue weighted by molar-refractivity contribution is -0.922. The van der Waals surface area contributed by atoms with E-state index in [0.717, 1.165) is 16.8 Å². The molecule has 0 spiro atoms. The highest BCUT2D eigenvalue weighted by molar-refractivity contribution is 14.1. The molecule has 20 heavy (non-hydrogen) atoms. The molecule has 1 heterocycles. The van der Waals surface area contributed by atoms with Gasteiger partial charge in [-0.25, -0.2) is 0 Å². The van der Waals surface area contributed by atoms with Gasteiger partial charge in [-0.2, -0.15) is 0 Å². The van der Waals surface area contributed by atoms with Crippen molar-refractivity contribution < 1.29 is 9.69 Å². The first-order valence-electron chi connectivity index (χ1n) is 8.08. The highest BCUT2D eigenvalue weighted by Crippen LogP contribution is 2.33. The van der Waals surface area contributed by atoms with Crippen LogP contribution in [0.3, 0.4) is 0 Å². The number of thioether (sulfide) groups is 1. The van der Waals surface area contributed by atoms with E-state index in [2.05, 4.69) is 22.6 Å². The summed E-state index contributed by atoms with van der Waals surface area (Å²) in [6.45, 7) is 0.686. The van der Waals surface area contributed by atoms with Crippen LogP contribution < -0.4 is 10.6 Å². The number of rotatable bonds is 3. The first-order chi connectivity index (χ1) is 9.65. The van der Waals surface area contributed by atoms with Crippen LogP contribution in [0.25, 0.3) is 0 Å². The summed E-state index contributed by atoms with van der Waals surface area (Å²) in [7, 11) is 0. The Morgan fingerprint density at radius 1 is 1.15 bits per heavy atom. The maximum Gasteiger partial charge on any atom is 0.189 e. The van der Waals surface area contributed by atoms with Crippen molar-refractivity contribution in [3.63, 3.8) is 0 Å². The number of ketones is 1. The van der Waals surface area contributed by atoms with Crippen LogP contribution in [0.5, 0.6) is 0 Å². The molecule has 0 aromatic rings. The van der Waals surface area contributed by atoms with Crippen LogP contribution in [0, 0.1) is 5.92 Å². The number of nitrogens with one attached hydrogen (secondary N) is 1. The second kappa shape index (κ2) is 6.84. The predicted molar refractivity (Wildman–Crippen MR) is 92.2 cm³/mol. The molecule has 4 unspecified atom stereocenters.